The van der Waals surface area contributed by atoms with Crippen LogP contribution in [0.4, 0.5) is 0 Å². The van der Waals surface area contributed by atoms with Crippen LogP contribution in [0.1, 0.15) is 39.5 Å². The van der Waals surface area contributed by atoms with Crippen molar-refractivity contribution in [2.24, 2.45) is 23.7 Å². The summed E-state index contributed by atoms with van der Waals surface area (Å²) in [5, 5.41) is 14.8. The van der Waals surface area contributed by atoms with E-state index in [0.717, 1.165) is 19.3 Å². The molecule has 0 spiro atoms. The van der Waals surface area contributed by atoms with E-state index in [4.69, 9.17) is 0 Å². The van der Waals surface area contributed by atoms with Crippen LogP contribution in [0, 0.1) is 23.7 Å². The molecule has 0 aromatic carbocycles. The van der Waals surface area contributed by atoms with E-state index in [2.05, 4.69) is 17.6 Å². The van der Waals surface area contributed by atoms with Crippen LogP contribution in [0.5, 0.6) is 0 Å². The van der Waals surface area contributed by atoms with Gasteiger partial charge < -0.3 is 20.6 Å². The molecule has 3 amide bonds. The molecule has 0 bridgehead atoms. The average molecular weight is 380 g/mol. The number of amides is 3. The molecule has 0 unspecified atom stereocenters. The monoisotopic (exact) mass is 379 g/mol. The molecule has 1 heterocycles. The van der Waals surface area contributed by atoms with Gasteiger partial charge in [-0.05, 0) is 18.8 Å². The van der Waals surface area contributed by atoms with Crippen molar-refractivity contribution in [3.8, 4) is 0 Å². The van der Waals surface area contributed by atoms with Gasteiger partial charge in [0.15, 0.2) is 0 Å². The lowest BCUT2D eigenvalue weighted by molar-refractivity contribution is -0.140. The Kier molecular flexibility index (Phi) is 7.83. The summed E-state index contributed by atoms with van der Waals surface area (Å²) in [5.41, 5.74) is 0. The first-order valence-corrected chi connectivity index (χ1v) is 10.1. The molecule has 0 aromatic heterocycles. The molecule has 3 N–H and O–H groups in total. The number of rotatable bonds is 9. The van der Waals surface area contributed by atoms with Crippen LogP contribution < -0.4 is 10.6 Å². The van der Waals surface area contributed by atoms with Gasteiger partial charge in [-0.25, -0.2) is 0 Å². The zero-order valence-corrected chi connectivity index (χ0v) is 16.6. The van der Waals surface area contributed by atoms with E-state index in [1.165, 1.54) is 0 Å². The minimum atomic E-state index is -0.619. The van der Waals surface area contributed by atoms with Crippen LogP contribution in [-0.2, 0) is 14.4 Å². The Balaban J connectivity index is 2.26. The maximum atomic E-state index is 13.2. The van der Waals surface area contributed by atoms with E-state index in [1.807, 2.05) is 19.1 Å². The van der Waals surface area contributed by atoms with Gasteiger partial charge in [-0.2, -0.15) is 0 Å². The molecule has 27 heavy (non-hydrogen) atoms. The van der Waals surface area contributed by atoms with Gasteiger partial charge in [-0.15, -0.1) is 0 Å². The standard InChI is InChI=1S/C20H33N3O4/c1-4-5-6-10-22-19(26)17-14-9-8-13(2)15(18(25)21-3)16(14)20(27)23(17)11-7-12-24/h8-9,13-17,24H,4-7,10-12H2,1-3H3,(H,21,25)(H,22,26)/t13-,14+,15-,16-,17+/m1/s1. The number of nitrogens with zero attached hydrogens (tertiary/aromatic N) is 1. The van der Waals surface area contributed by atoms with Crippen LogP contribution in [0.3, 0.4) is 0 Å². The number of carbonyl (C=O) groups is 3. The number of aliphatic hydroxyl groups excluding tert-OH is 1. The van der Waals surface area contributed by atoms with Crippen molar-refractivity contribution in [3.05, 3.63) is 12.2 Å². The van der Waals surface area contributed by atoms with Gasteiger partial charge in [0.1, 0.15) is 6.04 Å². The van der Waals surface area contributed by atoms with Crippen LogP contribution in [-0.4, -0.2) is 60.5 Å². The predicted octanol–water partition coefficient (Wildman–Crippen LogP) is 0.687. The number of carbonyl (C=O) groups excluding carboxylic acids is 3. The van der Waals surface area contributed by atoms with Crippen molar-refractivity contribution in [2.75, 3.05) is 26.7 Å². The first-order chi connectivity index (χ1) is 13.0. The lowest BCUT2D eigenvalue weighted by atomic mass is 9.70. The quantitative estimate of drug-likeness (QED) is 0.405. The highest BCUT2D eigenvalue weighted by Crippen LogP contribution is 2.43. The van der Waals surface area contributed by atoms with Crippen molar-refractivity contribution >= 4 is 17.7 Å². The summed E-state index contributed by atoms with van der Waals surface area (Å²) in [4.78, 5) is 40.1. The molecule has 7 heteroatoms. The summed E-state index contributed by atoms with van der Waals surface area (Å²) in [6.45, 7) is 4.89. The maximum absolute atomic E-state index is 13.2. The van der Waals surface area contributed by atoms with E-state index in [1.54, 1.807) is 11.9 Å². The summed E-state index contributed by atoms with van der Waals surface area (Å²) < 4.78 is 0. The summed E-state index contributed by atoms with van der Waals surface area (Å²) >= 11 is 0. The third kappa shape index (κ3) is 4.51. The first kappa shape index (κ1) is 21.4. The van der Waals surface area contributed by atoms with E-state index < -0.39 is 17.9 Å². The number of hydrogen-bond acceptors (Lipinski definition) is 4. The predicted molar refractivity (Wildman–Crippen MR) is 103 cm³/mol. The Hall–Kier alpha value is -1.89. The summed E-state index contributed by atoms with van der Waals surface area (Å²) in [5.74, 6) is -1.89. The molecule has 0 saturated carbocycles. The summed E-state index contributed by atoms with van der Waals surface area (Å²) in [6.07, 6.45) is 7.30. The number of aliphatic hydroxyl groups is 1. The Labute approximate surface area is 161 Å². The Morgan fingerprint density at radius 3 is 2.56 bits per heavy atom. The number of fused-ring (bicyclic) bond motifs is 1. The highest BCUT2D eigenvalue weighted by Gasteiger charge is 2.56. The zero-order valence-electron chi connectivity index (χ0n) is 16.6. The number of nitrogens with one attached hydrogen (secondary N) is 2. The first-order valence-electron chi connectivity index (χ1n) is 10.1. The fourth-order valence-electron chi connectivity index (χ4n) is 4.33. The smallest absolute Gasteiger partial charge is 0.243 e. The van der Waals surface area contributed by atoms with Crippen LogP contribution in [0.25, 0.3) is 0 Å². The molecule has 1 aliphatic carbocycles. The van der Waals surface area contributed by atoms with E-state index >= 15 is 0 Å². The Bertz CT molecular complexity index is 578. The molecule has 1 fully saturated rings. The SMILES string of the molecule is CCCCCNC(=O)[C@@H]1[C@H]2C=C[C@@H](C)[C@@H](C(=O)NC)[C@@H]2C(=O)N1CCCO. The average Bonchev–Trinajstić information content (AvgIpc) is 2.94. The van der Waals surface area contributed by atoms with E-state index in [9.17, 15) is 19.5 Å². The molecule has 2 rings (SSSR count). The van der Waals surface area contributed by atoms with Gasteiger partial charge in [0.25, 0.3) is 0 Å². The molecule has 1 saturated heterocycles. The molecule has 0 aromatic rings. The van der Waals surface area contributed by atoms with E-state index in [-0.39, 0.29) is 36.2 Å². The normalized spacial score (nSPS) is 29.6. The Morgan fingerprint density at radius 1 is 1.19 bits per heavy atom. The van der Waals surface area contributed by atoms with Gasteiger partial charge in [-0.3, -0.25) is 14.4 Å². The van der Waals surface area contributed by atoms with Crippen molar-refractivity contribution in [1.82, 2.24) is 15.5 Å². The minimum Gasteiger partial charge on any atom is -0.396 e. The third-order valence-electron chi connectivity index (χ3n) is 5.73. The molecule has 5 atom stereocenters. The van der Waals surface area contributed by atoms with Gasteiger partial charge in [-0.1, -0.05) is 38.8 Å². The van der Waals surface area contributed by atoms with Crippen molar-refractivity contribution < 1.29 is 19.5 Å². The lowest BCUT2D eigenvalue weighted by Gasteiger charge is -2.32. The molecule has 0 radical (unpaired) electrons. The van der Waals surface area contributed by atoms with Gasteiger partial charge in [0, 0.05) is 32.7 Å². The third-order valence-corrected chi connectivity index (χ3v) is 5.73. The maximum Gasteiger partial charge on any atom is 0.243 e. The van der Waals surface area contributed by atoms with Crippen LogP contribution >= 0.6 is 0 Å². The summed E-state index contributed by atoms with van der Waals surface area (Å²) in [7, 11) is 1.57. The fourth-order valence-corrected chi connectivity index (χ4v) is 4.33. The number of likely N-dealkylation sites (tertiary alicyclic amines) is 1. The molecule has 2 aliphatic rings. The molecule has 7 nitrogen and oxygen atoms in total. The second-order valence-corrected chi connectivity index (χ2v) is 7.54. The topological polar surface area (TPSA) is 98.7 Å². The molecular formula is C20H33N3O4. The van der Waals surface area contributed by atoms with Crippen molar-refractivity contribution in [1.29, 1.82) is 0 Å². The number of hydrogen-bond donors (Lipinski definition) is 3. The number of allylic oxidation sites excluding steroid dienone is 1. The van der Waals surface area contributed by atoms with Gasteiger partial charge in [0.05, 0.1) is 11.8 Å². The molecule has 1 aliphatic heterocycles. The highest BCUT2D eigenvalue weighted by molar-refractivity contribution is 5.96. The van der Waals surface area contributed by atoms with Crippen molar-refractivity contribution in [3.63, 3.8) is 0 Å². The zero-order chi connectivity index (χ0) is 20.0. The minimum absolute atomic E-state index is 0.0466. The second-order valence-electron chi connectivity index (χ2n) is 7.54. The molecular weight excluding hydrogens is 346 g/mol. The van der Waals surface area contributed by atoms with Crippen molar-refractivity contribution in [2.45, 2.75) is 45.6 Å². The highest BCUT2D eigenvalue weighted by atomic mass is 16.3. The fraction of sp³-hybridized carbons (Fsp3) is 0.750. The summed E-state index contributed by atoms with van der Waals surface area (Å²) in [6, 6.07) is -0.619. The molecule has 152 valence electrons. The largest absolute Gasteiger partial charge is 0.396 e. The number of unbranched alkanes of at least 4 members (excludes halogenated alkanes) is 2. The van der Waals surface area contributed by atoms with Gasteiger partial charge >= 0.3 is 0 Å². The van der Waals surface area contributed by atoms with Crippen LogP contribution in [0.15, 0.2) is 12.2 Å². The Morgan fingerprint density at radius 2 is 1.93 bits per heavy atom. The van der Waals surface area contributed by atoms with E-state index in [0.29, 0.717) is 19.5 Å². The van der Waals surface area contributed by atoms with Crippen LogP contribution in [0.2, 0.25) is 0 Å². The second kappa shape index (κ2) is 9.88. The lowest BCUT2D eigenvalue weighted by Crippen LogP contribution is -2.48. The van der Waals surface area contributed by atoms with Gasteiger partial charge in [0.2, 0.25) is 17.7 Å².